The first-order chi connectivity index (χ1) is 14.1. The van der Waals surface area contributed by atoms with Crippen LogP contribution in [0.15, 0.2) is 44.6 Å². The second-order valence-corrected chi connectivity index (χ2v) is 7.79. The number of phenolic OH excluding ortho intramolecular Hbond substituents is 3. The molecule has 0 aliphatic heterocycles. The minimum absolute atomic E-state index is 0.0176. The standard InChI is InChI=1S/C24H26O6/c1-12(2)6-8-14-10-17(26)21(27)24-19(14)22(28)20-16(25)11-18(29-5)15(23(20)30-24)9-7-13(3)4/h6-7,10-11,25-27H,8-9H2,1-5H3. The van der Waals surface area contributed by atoms with Gasteiger partial charge in [-0.15, -0.1) is 0 Å². The van der Waals surface area contributed by atoms with Gasteiger partial charge in [0.15, 0.2) is 11.3 Å². The fourth-order valence-electron chi connectivity index (χ4n) is 3.41. The highest BCUT2D eigenvalue weighted by Gasteiger charge is 2.23. The number of ether oxygens (including phenoxy) is 1. The number of hydrogen-bond donors (Lipinski definition) is 3. The predicted octanol–water partition coefficient (Wildman–Crippen LogP) is 5.09. The summed E-state index contributed by atoms with van der Waals surface area (Å²) in [5.41, 5.74) is 2.70. The Bertz CT molecular complexity index is 1250. The molecule has 0 amide bonds. The van der Waals surface area contributed by atoms with Gasteiger partial charge >= 0.3 is 0 Å². The van der Waals surface area contributed by atoms with Crippen LogP contribution < -0.4 is 10.2 Å². The minimum atomic E-state index is -0.513. The molecule has 0 atom stereocenters. The molecule has 3 N–H and O–H groups in total. The lowest BCUT2D eigenvalue weighted by Crippen LogP contribution is -2.08. The van der Waals surface area contributed by atoms with Gasteiger partial charge < -0.3 is 24.5 Å². The summed E-state index contributed by atoms with van der Waals surface area (Å²) in [5.74, 6) is -0.788. The highest BCUT2D eigenvalue weighted by atomic mass is 16.5. The van der Waals surface area contributed by atoms with E-state index in [2.05, 4.69) is 0 Å². The second-order valence-electron chi connectivity index (χ2n) is 7.79. The lowest BCUT2D eigenvalue weighted by Gasteiger charge is -2.14. The summed E-state index contributed by atoms with van der Waals surface area (Å²) < 4.78 is 11.4. The van der Waals surface area contributed by atoms with Crippen LogP contribution in [-0.2, 0) is 12.8 Å². The van der Waals surface area contributed by atoms with Crippen LogP contribution in [0.4, 0.5) is 0 Å². The maximum atomic E-state index is 13.4. The molecule has 0 bridgehead atoms. The van der Waals surface area contributed by atoms with E-state index in [1.807, 2.05) is 39.8 Å². The van der Waals surface area contributed by atoms with Crippen molar-refractivity contribution in [3.05, 3.63) is 56.8 Å². The number of phenols is 3. The van der Waals surface area contributed by atoms with Crippen LogP contribution >= 0.6 is 0 Å². The third-order valence-corrected chi connectivity index (χ3v) is 4.96. The summed E-state index contributed by atoms with van der Waals surface area (Å²) >= 11 is 0. The van der Waals surface area contributed by atoms with Crippen LogP contribution in [0.25, 0.3) is 21.9 Å². The van der Waals surface area contributed by atoms with Gasteiger partial charge in [-0.3, -0.25) is 4.79 Å². The van der Waals surface area contributed by atoms with Crippen LogP contribution in [0, 0.1) is 0 Å². The molecule has 0 saturated carbocycles. The zero-order valence-corrected chi connectivity index (χ0v) is 17.8. The van der Waals surface area contributed by atoms with E-state index in [0.29, 0.717) is 29.7 Å². The molecule has 158 valence electrons. The van der Waals surface area contributed by atoms with Gasteiger partial charge in [0.1, 0.15) is 22.5 Å². The molecule has 0 unspecified atom stereocenters. The van der Waals surface area contributed by atoms with Crippen LogP contribution in [0.2, 0.25) is 0 Å². The molecule has 3 aromatic rings. The number of aromatic hydroxyl groups is 3. The first-order valence-corrected chi connectivity index (χ1v) is 9.65. The van der Waals surface area contributed by atoms with Gasteiger partial charge in [-0.05, 0) is 52.2 Å². The van der Waals surface area contributed by atoms with Gasteiger partial charge in [0, 0.05) is 11.6 Å². The van der Waals surface area contributed by atoms with E-state index in [-0.39, 0.29) is 33.4 Å². The minimum Gasteiger partial charge on any atom is -0.507 e. The quantitative estimate of drug-likeness (QED) is 0.308. The molecule has 6 heteroatoms. The van der Waals surface area contributed by atoms with Crippen molar-refractivity contribution in [1.82, 2.24) is 0 Å². The molecular weight excluding hydrogens is 384 g/mol. The normalized spacial score (nSPS) is 11.0. The third-order valence-electron chi connectivity index (χ3n) is 4.96. The van der Waals surface area contributed by atoms with E-state index in [1.165, 1.54) is 19.2 Å². The van der Waals surface area contributed by atoms with E-state index >= 15 is 0 Å². The molecule has 6 nitrogen and oxygen atoms in total. The number of fused-ring (bicyclic) bond motifs is 2. The summed E-state index contributed by atoms with van der Waals surface area (Å²) in [4.78, 5) is 13.4. The summed E-state index contributed by atoms with van der Waals surface area (Å²) in [6.07, 6.45) is 4.62. The monoisotopic (exact) mass is 410 g/mol. The zero-order chi connectivity index (χ0) is 22.2. The second kappa shape index (κ2) is 8.14. The smallest absolute Gasteiger partial charge is 0.204 e. The van der Waals surface area contributed by atoms with Gasteiger partial charge in [-0.1, -0.05) is 23.3 Å². The molecule has 0 fully saturated rings. The fraction of sp³-hybridized carbons (Fsp3) is 0.292. The highest BCUT2D eigenvalue weighted by Crippen LogP contribution is 2.41. The van der Waals surface area contributed by atoms with Crippen molar-refractivity contribution in [2.45, 2.75) is 40.5 Å². The maximum absolute atomic E-state index is 13.4. The Morgan fingerprint density at radius 2 is 1.57 bits per heavy atom. The van der Waals surface area contributed by atoms with Gasteiger partial charge in [-0.25, -0.2) is 0 Å². The van der Waals surface area contributed by atoms with Gasteiger partial charge in [0.25, 0.3) is 0 Å². The lowest BCUT2D eigenvalue weighted by atomic mass is 9.99. The SMILES string of the molecule is COc1cc(O)c2c(=O)c3c(CC=C(C)C)cc(O)c(O)c3oc2c1CC=C(C)C. The lowest BCUT2D eigenvalue weighted by molar-refractivity contribution is 0.398. The first kappa shape index (κ1) is 21.3. The molecular formula is C24H26O6. The van der Waals surface area contributed by atoms with Crippen LogP contribution in [0.1, 0.15) is 38.8 Å². The van der Waals surface area contributed by atoms with Gasteiger partial charge in [0.05, 0.1) is 12.5 Å². The molecule has 3 rings (SSSR count). The number of hydrogen-bond acceptors (Lipinski definition) is 6. The molecule has 1 aromatic heterocycles. The molecule has 0 spiro atoms. The van der Waals surface area contributed by atoms with E-state index in [4.69, 9.17) is 9.15 Å². The van der Waals surface area contributed by atoms with Crippen molar-refractivity contribution in [2.24, 2.45) is 0 Å². The molecule has 0 saturated heterocycles. The number of benzene rings is 2. The van der Waals surface area contributed by atoms with E-state index in [9.17, 15) is 20.1 Å². The number of rotatable bonds is 5. The van der Waals surface area contributed by atoms with Crippen molar-refractivity contribution in [3.63, 3.8) is 0 Å². The summed E-state index contributed by atoms with van der Waals surface area (Å²) in [7, 11) is 1.46. The van der Waals surface area contributed by atoms with Gasteiger partial charge in [0.2, 0.25) is 11.2 Å². The van der Waals surface area contributed by atoms with Crippen LogP contribution in [0.3, 0.4) is 0 Å². The topological polar surface area (TPSA) is 100 Å². The molecule has 0 radical (unpaired) electrons. The molecule has 0 aliphatic rings. The average molecular weight is 410 g/mol. The predicted molar refractivity (Wildman–Crippen MR) is 118 cm³/mol. The average Bonchev–Trinajstić information content (AvgIpc) is 2.68. The summed E-state index contributed by atoms with van der Waals surface area (Å²) in [6.45, 7) is 7.74. The fourth-order valence-corrected chi connectivity index (χ4v) is 3.41. The Morgan fingerprint density at radius 1 is 0.933 bits per heavy atom. The van der Waals surface area contributed by atoms with Crippen molar-refractivity contribution in [1.29, 1.82) is 0 Å². The maximum Gasteiger partial charge on any atom is 0.204 e. The Morgan fingerprint density at radius 3 is 2.17 bits per heavy atom. The van der Waals surface area contributed by atoms with Crippen molar-refractivity contribution in [2.75, 3.05) is 7.11 Å². The molecule has 2 aromatic carbocycles. The Kier molecular flexibility index (Phi) is 5.78. The van der Waals surface area contributed by atoms with Crippen molar-refractivity contribution in [3.8, 4) is 23.0 Å². The van der Waals surface area contributed by atoms with E-state index in [0.717, 1.165) is 11.1 Å². The largest absolute Gasteiger partial charge is 0.507 e. The van der Waals surface area contributed by atoms with Crippen LogP contribution in [0.5, 0.6) is 23.0 Å². The Labute approximate surface area is 174 Å². The van der Waals surface area contributed by atoms with E-state index < -0.39 is 11.2 Å². The summed E-state index contributed by atoms with van der Waals surface area (Å²) in [5, 5.41) is 31.4. The molecule has 30 heavy (non-hydrogen) atoms. The number of allylic oxidation sites excluding steroid dienone is 4. The third kappa shape index (κ3) is 3.73. The Hall–Kier alpha value is -3.41. The molecule has 0 aliphatic carbocycles. The number of methoxy groups -OCH3 is 1. The van der Waals surface area contributed by atoms with Gasteiger partial charge in [-0.2, -0.15) is 0 Å². The summed E-state index contributed by atoms with van der Waals surface area (Å²) in [6, 6.07) is 2.75. The van der Waals surface area contributed by atoms with E-state index in [1.54, 1.807) is 0 Å². The van der Waals surface area contributed by atoms with Crippen molar-refractivity contribution < 1.29 is 24.5 Å². The van der Waals surface area contributed by atoms with Crippen molar-refractivity contribution >= 4 is 21.9 Å². The zero-order valence-electron chi connectivity index (χ0n) is 17.8. The highest BCUT2D eigenvalue weighted by molar-refractivity contribution is 5.99. The van der Waals surface area contributed by atoms with Crippen LogP contribution in [-0.4, -0.2) is 22.4 Å². The molecule has 1 heterocycles. The Balaban J connectivity index is 2.51. The first-order valence-electron chi connectivity index (χ1n) is 9.65.